The normalized spacial score (nSPS) is 13.6. The quantitative estimate of drug-likeness (QED) is 0.910. The third kappa shape index (κ3) is 3.06. The van der Waals surface area contributed by atoms with E-state index in [2.05, 4.69) is 15.6 Å². The lowest BCUT2D eigenvalue weighted by molar-refractivity contribution is 0.102. The van der Waals surface area contributed by atoms with Gasteiger partial charge in [0.2, 0.25) is 0 Å². The number of rotatable bonds is 4. The van der Waals surface area contributed by atoms with E-state index in [1.807, 2.05) is 19.1 Å². The predicted octanol–water partition coefficient (Wildman–Crippen LogP) is 2.44. The van der Waals surface area contributed by atoms with Crippen molar-refractivity contribution >= 4 is 22.4 Å². The van der Waals surface area contributed by atoms with Gasteiger partial charge in [0.25, 0.3) is 5.91 Å². The summed E-state index contributed by atoms with van der Waals surface area (Å²) in [5.74, 6) is 0.415. The van der Waals surface area contributed by atoms with Gasteiger partial charge in [0.1, 0.15) is 5.75 Å². The molecule has 1 aliphatic rings. The van der Waals surface area contributed by atoms with Crippen LogP contribution in [-0.4, -0.2) is 24.0 Å². The lowest BCUT2D eigenvalue weighted by atomic mass is 10.2. The van der Waals surface area contributed by atoms with Gasteiger partial charge in [-0.1, -0.05) is 12.1 Å². The molecule has 2 aromatic rings. The van der Waals surface area contributed by atoms with Crippen LogP contribution in [0.2, 0.25) is 0 Å². The maximum atomic E-state index is 12.4. The van der Waals surface area contributed by atoms with Crippen LogP contribution in [-0.2, 0) is 13.0 Å². The molecule has 5 nitrogen and oxygen atoms in total. The van der Waals surface area contributed by atoms with Gasteiger partial charge in [-0.25, -0.2) is 4.98 Å². The summed E-state index contributed by atoms with van der Waals surface area (Å²) in [6.07, 6.45) is 0.914. The lowest BCUT2D eigenvalue weighted by Crippen LogP contribution is -2.22. The Hall–Kier alpha value is -1.92. The third-order valence-electron chi connectivity index (χ3n) is 3.25. The van der Waals surface area contributed by atoms with Crippen LogP contribution < -0.4 is 15.4 Å². The summed E-state index contributed by atoms with van der Waals surface area (Å²) in [5, 5.41) is 6.83. The van der Waals surface area contributed by atoms with Gasteiger partial charge in [0, 0.05) is 24.4 Å². The van der Waals surface area contributed by atoms with Gasteiger partial charge < -0.3 is 10.1 Å². The molecule has 110 valence electrons. The Balaban J connectivity index is 1.78. The summed E-state index contributed by atoms with van der Waals surface area (Å²) >= 11 is 1.53. The molecule has 2 heterocycles. The molecule has 0 radical (unpaired) electrons. The van der Waals surface area contributed by atoms with Crippen LogP contribution in [0.3, 0.4) is 0 Å². The number of benzene rings is 1. The first-order valence-corrected chi connectivity index (χ1v) is 7.82. The molecule has 0 aliphatic carbocycles. The molecule has 2 N–H and O–H groups in total. The van der Waals surface area contributed by atoms with Crippen LogP contribution in [0.15, 0.2) is 24.3 Å². The highest BCUT2D eigenvalue weighted by molar-refractivity contribution is 7.15. The van der Waals surface area contributed by atoms with Crippen LogP contribution in [0, 0.1) is 0 Å². The van der Waals surface area contributed by atoms with Crippen molar-refractivity contribution in [3.63, 3.8) is 0 Å². The van der Waals surface area contributed by atoms with E-state index in [0.717, 1.165) is 25.2 Å². The zero-order valence-electron chi connectivity index (χ0n) is 11.8. The van der Waals surface area contributed by atoms with E-state index in [4.69, 9.17) is 4.74 Å². The second-order valence-electron chi connectivity index (χ2n) is 4.70. The Morgan fingerprint density at radius 2 is 2.33 bits per heavy atom. The summed E-state index contributed by atoms with van der Waals surface area (Å²) in [6.45, 7) is 4.20. The molecule has 6 heteroatoms. The smallest absolute Gasteiger partial charge is 0.261 e. The van der Waals surface area contributed by atoms with Gasteiger partial charge in [0.05, 0.1) is 17.9 Å². The number of hydrogen-bond donors (Lipinski definition) is 2. The van der Waals surface area contributed by atoms with Gasteiger partial charge in [-0.05, 0) is 19.1 Å². The summed E-state index contributed by atoms with van der Waals surface area (Å²) in [4.78, 5) is 18.1. The summed E-state index contributed by atoms with van der Waals surface area (Å²) in [6, 6.07) is 7.24. The largest absolute Gasteiger partial charge is 0.493 e. The van der Waals surface area contributed by atoms with Gasteiger partial charge in [-0.2, -0.15) is 0 Å². The first kappa shape index (κ1) is 14.0. The molecule has 1 amide bonds. The number of carbonyl (C=O) groups excluding carboxylic acids is 1. The zero-order valence-corrected chi connectivity index (χ0v) is 12.6. The predicted molar refractivity (Wildman–Crippen MR) is 83.1 cm³/mol. The molecular weight excluding hydrogens is 286 g/mol. The Labute approximate surface area is 127 Å². The maximum absolute atomic E-state index is 12.4. The number of ether oxygens (including phenoxy) is 1. The number of aromatic nitrogens is 1. The number of hydrogen-bond acceptors (Lipinski definition) is 5. The number of nitrogens with zero attached hydrogens (tertiary/aromatic N) is 1. The minimum Gasteiger partial charge on any atom is -0.493 e. The highest BCUT2D eigenvalue weighted by atomic mass is 32.1. The minimum atomic E-state index is -0.182. The number of carbonyl (C=O) groups is 1. The van der Waals surface area contributed by atoms with E-state index in [-0.39, 0.29) is 5.91 Å². The van der Waals surface area contributed by atoms with Crippen molar-refractivity contribution in [3.8, 4) is 5.75 Å². The first-order chi connectivity index (χ1) is 10.3. The Kier molecular flexibility index (Phi) is 4.17. The van der Waals surface area contributed by atoms with E-state index in [1.165, 1.54) is 16.2 Å². The standard InChI is InChI=1S/C15H17N3O2S/c1-2-20-12-6-4-3-5-10(12)14(19)18-15-17-11-7-8-16-9-13(11)21-15/h3-6,16H,2,7-9H2,1H3,(H,17,18,19). The summed E-state index contributed by atoms with van der Waals surface area (Å²) in [7, 11) is 0. The molecule has 0 fully saturated rings. The molecule has 1 aromatic heterocycles. The lowest BCUT2D eigenvalue weighted by Gasteiger charge is -2.09. The molecular formula is C15H17N3O2S. The van der Waals surface area contributed by atoms with E-state index >= 15 is 0 Å². The zero-order chi connectivity index (χ0) is 14.7. The molecule has 0 spiro atoms. The average molecular weight is 303 g/mol. The van der Waals surface area contributed by atoms with Crippen molar-refractivity contribution in [2.45, 2.75) is 19.9 Å². The molecule has 0 saturated heterocycles. The molecule has 0 saturated carbocycles. The molecule has 0 unspecified atom stereocenters. The fourth-order valence-electron chi connectivity index (χ4n) is 2.28. The van der Waals surface area contributed by atoms with Gasteiger partial charge in [-0.15, -0.1) is 11.3 Å². The fourth-order valence-corrected chi connectivity index (χ4v) is 3.25. The number of para-hydroxylation sites is 1. The van der Waals surface area contributed by atoms with Crippen LogP contribution in [0.25, 0.3) is 0 Å². The second-order valence-corrected chi connectivity index (χ2v) is 5.78. The van der Waals surface area contributed by atoms with Crippen LogP contribution in [0.1, 0.15) is 27.9 Å². The minimum absolute atomic E-state index is 0.182. The molecule has 1 aromatic carbocycles. The highest BCUT2D eigenvalue weighted by Crippen LogP contribution is 2.26. The Morgan fingerprint density at radius 1 is 1.48 bits per heavy atom. The molecule has 0 atom stereocenters. The van der Waals surface area contributed by atoms with Crippen molar-refractivity contribution in [2.24, 2.45) is 0 Å². The van der Waals surface area contributed by atoms with Gasteiger partial charge in [-0.3, -0.25) is 10.1 Å². The maximum Gasteiger partial charge on any atom is 0.261 e. The molecule has 3 rings (SSSR count). The fraction of sp³-hybridized carbons (Fsp3) is 0.333. The Morgan fingerprint density at radius 3 is 3.14 bits per heavy atom. The monoisotopic (exact) mass is 303 g/mol. The van der Waals surface area contributed by atoms with Crippen LogP contribution >= 0.6 is 11.3 Å². The summed E-state index contributed by atoms with van der Waals surface area (Å²) < 4.78 is 5.49. The van der Waals surface area contributed by atoms with Crippen LogP contribution in [0.4, 0.5) is 5.13 Å². The highest BCUT2D eigenvalue weighted by Gasteiger charge is 2.18. The van der Waals surface area contributed by atoms with Crippen molar-refractivity contribution in [2.75, 3.05) is 18.5 Å². The SMILES string of the molecule is CCOc1ccccc1C(=O)Nc1nc2c(s1)CNCC2. The van der Waals surface area contributed by atoms with Gasteiger partial charge >= 0.3 is 0 Å². The summed E-state index contributed by atoms with van der Waals surface area (Å²) in [5.41, 5.74) is 1.62. The average Bonchev–Trinajstić information content (AvgIpc) is 2.90. The van der Waals surface area contributed by atoms with Crippen molar-refractivity contribution in [3.05, 3.63) is 40.4 Å². The molecule has 21 heavy (non-hydrogen) atoms. The topological polar surface area (TPSA) is 63.2 Å². The molecule has 0 bridgehead atoms. The third-order valence-corrected chi connectivity index (χ3v) is 4.27. The number of fused-ring (bicyclic) bond motifs is 1. The van der Waals surface area contributed by atoms with Gasteiger partial charge in [0.15, 0.2) is 5.13 Å². The Bertz CT molecular complexity index is 631. The number of anilines is 1. The van der Waals surface area contributed by atoms with Crippen molar-refractivity contribution in [1.82, 2.24) is 10.3 Å². The van der Waals surface area contributed by atoms with Crippen LogP contribution in [0.5, 0.6) is 5.75 Å². The van der Waals surface area contributed by atoms with E-state index in [1.54, 1.807) is 12.1 Å². The number of thiazole rings is 1. The first-order valence-electron chi connectivity index (χ1n) is 7.00. The van der Waals surface area contributed by atoms with Crippen molar-refractivity contribution < 1.29 is 9.53 Å². The number of nitrogens with one attached hydrogen (secondary N) is 2. The van der Waals surface area contributed by atoms with E-state index in [0.29, 0.717) is 23.1 Å². The van der Waals surface area contributed by atoms with E-state index < -0.39 is 0 Å². The second kappa shape index (κ2) is 6.24. The van der Waals surface area contributed by atoms with E-state index in [9.17, 15) is 4.79 Å². The van der Waals surface area contributed by atoms with Crippen molar-refractivity contribution in [1.29, 1.82) is 0 Å². The number of amides is 1. The molecule has 1 aliphatic heterocycles.